The third kappa shape index (κ3) is 4.42. The van der Waals surface area contributed by atoms with E-state index in [0.717, 1.165) is 61.8 Å². The van der Waals surface area contributed by atoms with E-state index in [1.165, 1.54) is 0 Å². The molecule has 0 unspecified atom stereocenters. The summed E-state index contributed by atoms with van der Waals surface area (Å²) >= 11 is 0. The zero-order valence-corrected chi connectivity index (χ0v) is 22.0. The Balaban J connectivity index is 1.28. The molecule has 2 aliphatic rings. The average molecular weight is 513 g/mol. The number of aromatic nitrogens is 6. The Labute approximate surface area is 221 Å². The van der Waals surface area contributed by atoms with Gasteiger partial charge >= 0.3 is 0 Å². The molecule has 2 aliphatic heterocycles. The lowest BCUT2D eigenvalue weighted by molar-refractivity contribution is -0.0735. The van der Waals surface area contributed by atoms with Gasteiger partial charge in [0.1, 0.15) is 28.6 Å². The van der Waals surface area contributed by atoms with Crippen LogP contribution in [0.2, 0.25) is 0 Å². The lowest BCUT2D eigenvalue weighted by Gasteiger charge is -2.41. The van der Waals surface area contributed by atoms with Crippen LogP contribution in [0.4, 0.5) is 0 Å². The summed E-state index contributed by atoms with van der Waals surface area (Å²) in [5.41, 5.74) is 4.38. The maximum atomic E-state index is 9.70. The lowest BCUT2D eigenvalue weighted by atomic mass is 9.90. The first kappa shape index (κ1) is 24.5. The highest BCUT2D eigenvalue weighted by molar-refractivity contribution is 5.74. The third-order valence-electron chi connectivity index (χ3n) is 7.83. The summed E-state index contributed by atoms with van der Waals surface area (Å²) in [6.45, 7) is 10.4. The van der Waals surface area contributed by atoms with Crippen LogP contribution in [0.5, 0.6) is 5.75 Å². The fourth-order valence-corrected chi connectivity index (χ4v) is 5.38. The molecule has 0 atom stereocenters. The zero-order valence-electron chi connectivity index (χ0n) is 22.0. The highest BCUT2D eigenvalue weighted by atomic mass is 16.5. The summed E-state index contributed by atoms with van der Waals surface area (Å²) in [6, 6.07) is 11.0. The van der Waals surface area contributed by atoms with Crippen LogP contribution in [0, 0.1) is 18.3 Å². The van der Waals surface area contributed by atoms with Crippen LogP contribution in [0.1, 0.15) is 49.7 Å². The first-order valence-electron chi connectivity index (χ1n) is 13.1. The Hall–Kier alpha value is -3.81. The van der Waals surface area contributed by atoms with Gasteiger partial charge in [-0.1, -0.05) is 25.1 Å². The van der Waals surface area contributed by atoms with Crippen LogP contribution in [-0.2, 0) is 10.2 Å². The van der Waals surface area contributed by atoms with Gasteiger partial charge in [-0.3, -0.25) is 9.88 Å². The lowest BCUT2D eigenvalue weighted by Crippen LogP contribution is -2.52. The maximum absolute atomic E-state index is 9.70. The van der Waals surface area contributed by atoms with Crippen molar-refractivity contribution >= 4 is 5.52 Å². The van der Waals surface area contributed by atoms with Crippen molar-refractivity contribution in [3.8, 4) is 23.1 Å². The second-order valence-electron chi connectivity index (χ2n) is 10.9. The predicted octanol–water partition coefficient (Wildman–Crippen LogP) is 3.56. The molecule has 0 amide bonds. The molecule has 6 heterocycles. The van der Waals surface area contributed by atoms with Gasteiger partial charge in [-0.2, -0.15) is 10.4 Å². The van der Waals surface area contributed by atoms with Gasteiger partial charge in [-0.05, 0) is 38.0 Å². The number of fused-ring (bicyclic) bond motifs is 1. The molecule has 38 heavy (non-hydrogen) atoms. The summed E-state index contributed by atoms with van der Waals surface area (Å²) in [7, 11) is 0. The van der Waals surface area contributed by atoms with Crippen LogP contribution in [0.25, 0.3) is 16.8 Å². The third-order valence-corrected chi connectivity index (χ3v) is 7.83. The van der Waals surface area contributed by atoms with Gasteiger partial charge in [0.05, 0.1) is 43.8 Å². The van der Waals surface area contributed by atoms with Crippen LogP contribution in [-0.4, -0.2) is 73.4 Å². The molecule has 4 aromatic rings. The van der Waals surface area contributed by atoms with Crippen molar-refractivity contribution in [2.24, 2.45) is 0 Å². The summed E-state index contributed by atoms with van der Waals surface area (Å²) in [4.78, 5) is 7.04. The molecule has 0 bridgehead atoms. The quantitative estimate of drug-likeness (QED) is 0.370. The smallest absolute Gasteiger partial charge is 0.147 e. The van der Waals surface area contributed by atoms with Crippen molar-refractivity contribution in [2.45, 2.75) is 51.1 Å². The minimum atomic E-state index is -0.333. The summed E-state index contributed by atoms with van der Waals surface area (Å²) in [6.07, 6.45) is 7.34. The number of nitrogens with zero attached hydrogens (tertiary/aromatic N) is 8. The Bertz CT molecular complexity index is 1470. The Kier molecular flexibility index (Phi) is 6.33. The van der Waals surface area contributed by atoms with Crippen LogP contribution >= 0.6 is 0 Å². The minimum absolute atomic E-state index is 0.321. The van der Waals surface area contributed by atoms with Gasteiger partial charge < -0.3 is 9.47 Å². The minimum Gasteiger partial charge on any atom is -0.490 e. The molecule has 2 fully saturated rings. The molecule has 2 saturated heterocycles. The van der Waals surface area contributed by atoms with E-state index in [1.54, 1.807) is 16.9 Å². The predicted molar refractivity (Wildman–Crippen MR) is 141 cm³/mol. The van der Waals surface area contributed by atoms with Crippen molar-refractivity contribution in [3.63, 3.8) is 0 Å². The highest BCUT2D eigenvalue weighted by Crippen LogP contribution is 2.34. The normalized spacial score (nSPS) is 17.4. The van der Waals surface area contributed by atoms with Gasteiger partial charge in [0.15, 0.2) is 0 Å². The van der Waals surface area contributed by atoms with Gasteiger partial charge in [-0.25, -0.2) is 9.20 Å². The van der Waals surface area contributed by atoms with Crippen LogP contribution in [0.15, 0.2) is 42.9 Å². The van der Waals surface area contributed by atoms with Crippen LogP contribution in [0.3, 0.4) is 0 Å². The van der Waals surface area contributed by atoms with E-state index in [1.807, 2.05) is 30.5 Å². The second-order valence-corrected chi connectivity index (χ2v) is 10.9. The maximum Gasteiger partial charge on any atom is 0.147 e. The number of nitriles is 1. The van der Waals surface area contributed by atoms with E-state index in [4.69, 9.17) is 9.47 Å². The topological polar surface area (TPSA) is 106 Å². The molecule has 0 N–H and O–H groups in total. The van der Waals surface area contributed by atoms with Gasteiger partial charge in [0.2, 0.25) is 0 Å². The standard InChI is InChI=1S/C28H32N8O2/c1-19-26(32-33-36(19)22-7-10-34(11-8-22)23-16-37-17-23)20-12-24(27-21(13-29)14-31-35(27)15-20)38-18-28(2,3)25-6-4-5-9-30-25/h4-6,9,12,14-15,22-23H,7-8,10-11,16-18H2,1-3H3. The first-order chi connectivity index (χ1) is 18.4. The molecule has 0 aliphatic carbocycles. The molecule has 0 spiro atoms. The van der Waals surface area contributed by atoms with E-state index in [0.29, 0.717) is 35.5 Å². The monoisotopic (exact) mass is 512 g/mol. The number of hydrogen-bond acceptors (Lipinski definition) is 8. The van der Waals surface area contributed by atoms with E-state index >= 15 is 0 Å². The molecular weight excluding hydrogens is 480 g/mol. The fourth-order valence-electron chi connectivity index (χ4n) is 5.38. The number of rotatable bonds is 7. The largest absolute Gasteiger partial charge is 0.490 e. The van der Waals surface area contributed by atoms with Gasteiger partial charge in [0.25, 0.3) is 0 Å². The fraction of sp³-hybridized carbons (Fsp3) is 0.464. The molecule has 196 valence electrons. The molecule has 10 heteroatoms. The first-order valence-corrected chi connectivity index (χ1v) is 13.1. The van der Waals surface area contributed by atoms with Crippen molar-refractivity contribution in [1.29, 1.82) is 5.26 Å². The van der Waals surface area contributed by atoms with Crippen molar-refractivity contribution in [1.82, 2.24) is 34.5 Å². The Morgan fingerprint density at radius 2 is 2.00 bits per heavy atom. The number of piperidine rings is 1. The molecule has 4 aromatic heterocycles. The number of pyridine rings is 2. The zero-order chi connectivity index (χ0) is 26.3. The SMILES string of the molecule is Cc1c(-c2cc(OCC(C)(C)c3ccccn3)c3c(C#N)cnn3c2)nnn1C1CCN(C2COC2)CC1. The summed E-state index contributed by atoms with van der Waals surface area (Å²) < 4.78 is 15.5. The molecule has 0 aromatic carbocycles. The molecule has 6 rings (SSSR count). The molecule has 0 saturated carbocycles. The van der Waals surface area contributed by atoms with E-state index in [-0.39, 0.29) is 5.41 Å². The van der Waals surface area contributed by atoms with Crippen molar-refractivity contribution in [2.75, 3.05) is 32.9 Å². The average Bonchev–Trinajstić information content (AvgIpc) is 3.50. The van der Waals surface area contributed by atoms with Crippen molar-refractivity contribution < 1.29 is 9.47 Å². The number of likely N-dealkylation sites (tertiary alicyclic amines) is 1. The number of ether oxygens (including phenoxy) is 2. The molecular formula is C28H32N8O2. The molecule has 10 nitrogen and oxygen atoms in total. The van der Waals surface area contributed by atoms with E-state index < -0.39 is 0 Å². The summed E-state index contributed by atoms with van der Waals surface area (Å²) in [5.74, 6) is 0.588. The second kappa shape index (κ2) is 9.82. The van der Waals surface area contributed by atoms with Gasteiger partial charge in [0, 0.05) is 42.2 Å². The number of hydrogen-bond donors (Lipinski definition) is 0. The summed E-state index contributed by atoms with van der Waals surface area (Å²) in [5, 5.41) is 23.3. The van der Waals surface area contributed by atoms with E-state index in [2.05, 4.69) is 56.8 Å². The molecule has 0 radical (unpaired) electrons. The van der Waals surface area contributed by atoms with Crippen molar-refractivity contribution in [3.05, 3.63) is 59.8 Å². The van der Waals surface area contributed by atoms with E-state index in [9.17, 15) is 5.26 Å². The Morgan fingerprint density at radius 1 is 1.18 bits per heavy atom. The Morgan fingerprint density at radius 3 is 2.68 bits per heavy atom. The van der Waals surface area contributed by atoms with Crippen LogP contribution < -0.4 is 4.74 Å². The highest BCUT2D eigenvalue weighted by Gasteiger charge is 2.31. The van der Waals surface area contributed by atoms with Gasteiger partial charge in [-0.15, -0.1) is 5.10 Å².